The largest absolute Gasteiger partial charge is 0.435 e. The van der Waals surface area contributed by atoms with Gasteiger partial charge in [0.15, 0.2) is 10.7 Å². The van der Waals surface area contributed by atoms with E-state index in [0.29, 0.717) is 0 Å². The monoisotopic (exact) mass is 222 g/mol. The van der Waals surface area contributed by atoms with Crippen LogP contribution >= 0.6 is 11.3 Å². The van der Waals surface area contributed by atoms with Crippen LogP contribution in [0, 0.1) is 0 Å². The molecule has 14 heavy (non-hydrogen) atoms. The molecule has 2 heterocycles. The molecule has 0 aliphatic heterocycles. The van der Waals surface area contributed by atoms with Crippen LogP contribution in [0.3, 0.4) is 0 Å². The fourth-order valence-corrected chi connectivity index (χ4v) is 1.94. The zero-order valence-corrected chi connectivity index (χ0v) is 7.56. The number of nitrogens with zero attached hydrogens (tertiary/aromatic N) is 2. The molecule has 3 nitrogen and oxygen atoms in total. The average molecular weight is 222 g/mol. The highest BCUT2D eigenvalue weighted by molar-refractivity contribution is 7.15. The third kappa shape index (κ3) is 1.28. The lowest BCUT2D eigenvalue weighted by Crippen LogP contribution is -2.09. The number of rotatable bonds is 1. The first-order valence-electron chi connectivity index (χ1n) is 3.66. The van der Waals surface area contributed by atoms with Crippen molar-refractivity contribution in [1.29, 1.82) is 0 Å². The second-order valence-corrected chi connectivity index (χ2v) is 3.49. The molecular weight excluding hydrogens is 217 g/mol. The minimum Gasteiger partial charge on any atom is -0.390 e. The molecule has 0 aliphatic rings. The standard InChI is InChI=1S/C7H5F3N2OS/c8-7(9,10)5-4(3-13)12-1-2-14-6(12)11-5/h1-2,13H,3H2. The van der Waals surface area contributed by atoms with Crippen LogP contribution in [0.25, 0.3) is 4.96 Å². The summed E-state index contributed by atoms with van der Waals surface area (Å²) in [5.41, 5.74) is -1.22. The Hall–Kier alpha value is -1.08. The van der Waals surface area contributed by atoms with Crippen molar-refractivity contribution in [2.75, 3.05) is 0 Å². The number of hydrogen-bond acceptors (Lipinski definition) is 3. The molecule has 0 aromatic carbocycles. The van der Waals surface area contributed by atoms with Crippen LogP contribution in [0.1, 0.15) is 11.4 Å². The molecule has 2 aromatic rings. The van der Waals surface area contributed by atoms with Gasteiger partial charge in [-0.1, -0.05) is 0 Å². The molecule has 1 N–H and O–H groups in total. The number of hydrogen-bond donors (Lipinski definition) is 1. The van der Waals surface area contributed by atoms with Gasteiger partial charge in [0.1, 0.15) is 0 Å². The van der Waals surface area contributed by atoms with Gasteiger partial charge in [-0.2, -0.15) is 13.2 Å². The molecule has 0 aliphatic carbocycles. The predicted octanol–water partition coefficient (Wildman–Crippen LogP) is 1.91. The van der Waals surface area contributed by atoms with Crippen molar-refractivity contribution in [3.63, 3.8) is 0 Å². The SMILES string of the molecule is OCc1c(C(F)(F)F)nc2sccn12. The molecule has 0 unspecified atom stereocenters. The van der Waals surface area contributed by atoms with Crippen LogP contribution < -0.4 is 0 Å². The number of thiazole rings is 1. The van der Waals surface area contributed by atoms with Crippen molar-refractivity contribution in [1.82, 2.24) is 9.38 Å². The van der Waals surface area contributed by atoms with Crippen LogP contribution in [0.15, 0.2) is 11.6 Å². The van der Waals surface area contributed by atoms with Crippen LogP contribution in [0.2, 0.25) is 0 Å². The molecule has 7 heteroatoms. The summed E-state index contributed by atoms with van der Waals surface area (Å²) in [6.07, 6.45) is -3.06. The van der Waals surface area contributed by atoms with Gasteiger partial charge in [-0.3, -0.25) is 4.40 Å². The van der Waals surface area contributed by atoms with Crippen molar-refractivity contribution in [3.8, 4) is 0 Å². The molecule has 2 aromatic heterocycles. The third-order valence-corrected chi connectivity index (χ3v) is 2.54. The maximum absolute atomic E-state index is 12.4. The fourth-order valence-electron chi connectivity index (χ4n) is 1.21. The van der Waals surface area contributed by atoms with E-state index < -0.39 is 18.5 Å². The van der Waals surface area contributed by atoms with Crippen molar-refractivity contribution < 1.29 is 18.3 Å². The number of fused-ring (bicyclic) bond motifs is 1. The van der Waals surface area contributed by atoms with Crippen LogP contribution in [0.5, 0.6) is 0 Å². The Bertz CT molecular complexity index is 459. The lowest BCUT2D eigenvalue weighted by Gasteiger charge is -2.04. The number of alkyl halides is 3. The predicted molar refractivity (Wildman–Crippen MR) is 44.0 cm³/mol. The topological polar surface area (TPSA) is 37.5 Å². The second-order valence-electron chi connectivity index (χ2n) is 2.62. The van der Waals surface area contributed by atoms with Gasteiger partial charge in [-0.15, -0.1) is 11.3 Å². The quantitative estimate of drug-likeness (QED) is 0.800. The average Bonchev–Trinajstić information content (AvgIpc) is 2.58. The number of halogens is 3. The highest BCUT2D eigenvalue weighted by Gasteiger charge is 2.37. The van der Waals surface area contributed by atoms with E-state index in [1.165, 1.54) is 10.6 Å². The van der Waals surface area contributed by atoms with Crippen LogP contribution in [0.4, 0.5) is 13.2 Å². The van der Waals surface area contributed by atoms with E-state index in [9.17, 15) is 13.2 Å². The Morgan fingerprint density at radius 3 is 2.79 bits per heavy atom. The van der Waals surface area contributed by atoms with Crippen molar-refractivity contribution in [2.24, 2.45) is 0 Å². The fraction of sp³-hybridized carbons (Fsp3) is 0.286. The van der Waals surface area contributed by atoms with Gasteiger partial charge in [0, 0.05) is 11.6 Å². The number of aliphatic hydroxyl groups is 1. The van der Waals surface area contributed by atoms with Gasteiger partial charge in [0.2, 0.25) is 0 Å². The van der Waals surface area contributed by atoms with Gasteiger partial charge in [-0.05, 0) is 0 Å². The number of aliphatic hydroxyl groups excluding tert-OH is 1. The smallest absolute Gasteiger partial charge is 0.390 e. The van der Waals surface area contributed by atoms with E-state index >= 15 is 0 Å². The zero-order chi connectivity index (χ0) is 10.3. The molecule has 0 bridgehead atoms. The maximum Gasteiger partial charge on any atom is 0.435 e. The molecule has 0 saturated carbocycles. The minimum absolute atomic E-state index is 0.214. The first kappa shape index (κ1) is 9.47. The Labute approximate surface area is 80.4 Å². The summed E-state index contributed by atoms with van der Waals surface area (Å²) in [5, 5.41) is 10.4. The minimum atomic E-state index is -4.51. The molecule has 0 amide bonds. The van der Waals surface area contributed by atoms with Crippen LogP contribution in [-0.2, 0) is 12.8 Å². The normalized spacial score (nSPS) is 12.6. The van der Waals surface area contributed by atoms with Crippen LogP contribution in [-0.4, -0.2) is 14.5 Å². The molecule has 0 fully saturated rings. The van der Waals surface area contributed by atoms with E-state index in [4.69, 9.17) is 5.11 Å². The maximum atomic E-state index is 12.4. The Morgan fingerprint density at radius 2 is 2.21 bits per heavy atom. The Morgan fingerprint density at radius 1 is 1.50 bits per heavy atom. The highest BCUT2D eigenvalue weighted by atomic mass is 32.1. The molecule has 76 valence electrons. The van der Waals surface area contributed by atoms with E-state index in [0.717, 1.165) is 11.3 Å². The summed E-state index contributed by atoms with van der Waals surface area (Å²) in [6, 6.07) is 0. The summed E-state index contributed by atoms with van der Waals surface area (Å²) in [6.45, 7) is -0.674. The highest BCUT2D eigenvalue weighted by Crippen LogP contribution is 2.32. The lowest BCUT2D eigenvalue weighted by molar-refractivity contribution is -0.142. The van der Waals surface area contributed by atoms with Crippen molar-refractivity contribution in [2.45, 2.75) is 12.8 Å². The number of imidazole rings is 1. The first-order chi connectivity index (χ1) is 6.54. The summed E-state index contributed by atoms with van der Waals surface area (Å²) >= 11 is 1.09. The van der Waals surface area contributed by atoms with E-state index in [1.807, 2.05) is 0 Å². The molecular formula is C7H5F3N2OS. The lowest BCUT2D eigenvalue weighted by atomic mass is 10.3. The van der Waals surface area contributed by atoms with E-state index in [2.05, 4.69) is 4.98 Å². The summed E-state index contributed by atoms with van der Waals surface area (Å²) < 4.78 is 38.4. The summed E-state index contributed by atoms with van der Waals surface area (Å²) in [5.74, 6) is 0. The molecule has 0 saturated heterocycles. The molecule has 0 atom stereocenters. The summed E-state index contributed by atoms with van der Waals surface area (Å²) in [7, 11) is 0. The van der Waals surface area contributed by atoms with Gasteiger partial charge < -0.3 is 5.11 Å². The van der Waals surface area contributed by atoms with E-state index in [1.54, 1.807) is 5.38 Å². The summed E-state index contributed by atoms with van der Waals surface area (Å²) in [4.78, 5) is 3.65. The van der Waals surface area contributed by atoms with Crippen molar-refractivity contribution >= 4 is 16.3 Å². The van der Waals surface area contributed by atoms with Gasteiger partial charge in [0.05, 0.1) is 12.3 Å². The van der Waals surface area contributed by atoms with E-state index in [-0.39, 0.29) is 10.7 Å². The second kappa shape index (κ2) is 2.96. The van der Waals surface area contributed by atoms with Gasteiger partial charge in [0.25, 0.3) is 0 Å². The third-order valence-electron chi connectivity index (χ3n) is 1.78. The van der Waals surface area contributed by atoms with Crippen molar-refractivity contribution in [3.05, 3.63) is 23.0 Å². The number of aromatic nitrogens is 2. The molecule has 0 spiro atoms. The Kier molecular flexibility index (Phi) is 2.00. The van der Waals surface area contributed by atoms with Gasteiger partial charge in [-0.25, -0.2) is 4.98 Å². The Balaban J connectivity index is 2.70. The zero-order valence-electron chi connectivity index (χ0n) is 6.75. The molecule has 2 rings (SSSR count). The molecule has 0 radical (unpaired) electrons. The first-order valence-corrected chi connectivity index (χ1v) is 4.54. The van der Waals surface area contributed by atoms with Gasteiger partial charge >= 0.3 is 6.18 Å².